The molecule has 0 atom stereocenters. The van der Waals surface area contributed by atoms with Crippen molar-refractivity contribution in [3.8, 4) is 0 Å². The number of aliphatic hydroxyl groups is 1. The monoisotopic (exact) mass is 264 g/mol. The number of aliphatic hydroxyl groups excluding tert-OH is 1. The molecule has 1 saturated carbocycles. The molecule has 1 N–H and O–H groups in total. The van der Waals surface area contributed by atoms with Crippen molar-refractivity contribution in [2.75, 3.05) is 6.61 Å². The Morgan fingerprint density at radius 3 is 2.53 bits per heavy atom. The summed E-state index contributed by atoms with van der Waals surface area (Å²) in [6.07, 6.45) is 5.83. The molecule has 106 valence electrons. The standard InChI is InChI=1S/C15H24N2O2/c1-4-19-15(8-6-14(2,3)7-9-15)13-16-10-5-12(11-18)17-13/h5,10,18H,4,6-9,11H2,1-3H3. The molecule has 2 rings (SSSR count). The van der Waals surface area contributed by atoms with Gasteiger partial charge >= 0.3 is 0 Å². The molecule has 4 heteroatoms. The minimum atomic E-state index is -0.366. The van der Waals surface area contributed by atoms with Crippen LogP contribution in [0.4, 0.5) is 0 Å². The predicted molar refractivity (Wildman–Crippen MR) is 73.5 cm³/mol. The predicted octanol–water partition coefficient (Wildman–Crippen LogP) is 2.80. The van der Waals surface area contributed by atoms with Crippen LogP contribution in [0.2, 0.25) is 0 Å². The van der Waals surface area contributed by atoms with Crippen LogP contribution in [-0.4, -0.2) is 21.7 Å². The highest BCUT2D eigenvalue weighted by atomic mass is 16.5. The van der Waals surface area contributed by atoms with Gasteiger partial charge in [-0.15, -0.1) is 0 Å². The summed E-state index contributed by atoms with van der Waals surface area (Å²) in [4.78, 5) is 8.87. The molecule has 1 aromatic rings. The molecule has 1 heterocycles. The molecule has 1 aliphatic carbocycles. The van der Waals surface area contributed by atoms with Gasteiger partial charge in [-0.1, -0.05) is 13.8 Å². The van der Waals surface area contributed by atoms with E-state index in [4.69, 9.17) is 4.74 Å². The third-order valence-corrected chi connectivity index (χ3v) is 4.11. The summed E-state index contributed by atoms with van der Waals surface area (Å²) in [6.45, 7) is 7.22. The molecule has 0 amide bonds. The lowest BCUT2D eigenvalue weighted by atomic mass is 9.70. The summed E-state index contributed by atoms with van der Waals surface area (Å²) >= 11 is 0. The van der Waals surface area contributed by atoms with E-state index in [1.807, 2.05) is 6.92 Å². The van der Waals surface area contributed by atoms with Gasteiger partial charge in [0.15, 0.2) is 5.82 Å². The molecule has 0 spiro atoms. The van der Waals surface area contributed by atoms with Crippen molar-refractivity contribution in [1.29, 1.82) is 0 Å². The highest BCUT2D eigenvalue weighted by Crippen LogP contribution is 2.46. The average Bonchev–Trinajstić information content (AvgIpc) is 2.42. The van der Waals surface area contributed by atoms with Gasteiger partial charge in [0.1, 0.15) is 5.60 Å². The highest BCUT2D eigenvalue weighted by Gasteiger charge is 2.42. The number of ether oxygens (including phenoxy) is 1. The summed E-state index contributed by atoms with van der Waals surface area (Å²) < 4.78 is 6.04. The van der Waals surface area contributed by atoms with Gasteiger partial charge in [-0.05, 0) is 44.1 Å². The van der Waals surface area contributed by atoms with Crippen molar-refractivity contribution in [1.82, 2.24) is 9.97 Å². The number of hydrogen-bond acceptors (Lipinski definition) is 4. The van der Waals surface area contributed by atoms with Crippen LogP contribution < -0.4 is 0 Å². The van der Waals surface area contributed by atoms with Gasteiger partial charge in [0.2, 0.25) is 0 Å². The topological polar surface area (TPSA) is 55.2 Å². The average molecular weight is 264 g/mol. The quantitative estimate of drug-likeness (QED) is 0.908. The fourth-order valence-corrected chi connectivity index (χ4v) is 2.74. The molecule has 0 aromatic carbocycles. The Hall–Kier alpha value is -1.00. The first-order valence-corrected chi connectivity index (χ1v) is 7.08. The van der Waals surface area contributed by atoms with E-state index in [2.05, 4.69) is 23.8 Å². The van der Waals surface area contributed by atoms with Crippen LogP contribution in [-0.2, 0) is 16.9 Å². The summed E-state index contributed by atoms with van der Waals surface area (Å²) in [5.41, 5.74) is 0.666. The van der Waals surface area contributed by atoms with Crippen molar-refractivity contribution in [2.24, 2.45) is 5.41 Å². The number of nitrogens with zero attached hydrogens (tertiary/aromatic N) is 2. The van der Waals surface area contributed by atoms with Crippen molar-refractivity contribution in [3.63, 3.8) is 0 Å². The minimum absolute atomic E-state index is 0.0524. The van der Waals surface area contributed by atoms with Gasteiger partial charge in [-0.3, -0.25) is 0 Å². The van der Waals surface area contributed by atoms with E-state index in [0.29, 0.717) is 17.7 Å². The maximum atomic E-state index is 9.23. The third-order valence-electron chi connectivity index (χ3n) is 4.11. The van der Waals surface area contributed by atoms with Crippen molar-refractivity contribution >= 4 is 0 Å². The molecule has 1 aliphatic rings. The minimum Gasteiger partial charge on any atom is -0.390 e. The van der Waals surface area contributed by atoms with E-state index < -0.39 is 0 Å². The zero-order valence-electron chi connectivity index (χ0n) is 12.1. The van der Waals surface area contributed by atoms with Crippen LogP contribution in [0.3, 0.4) is 0 Å². The number of aromatic nitrogens is 2. The van der Waals surface area contributed by atoms with Crippen LogP contribution in [0.1, 0.15) is 58.0 Å². The number of hydrogen-bond donors (Lipinski definition) is 1. The van der Waals surface area contributed by atoms with E-state index in [0.717, 1.165) is 31.5 Å². The van der Waals surface area contributed by atoms with Crippen molar-refractivity contribution in [3.05, 3.63) is 23.8 Å². The molecule has 4 nitrogen and oxygen atoms in total. The molecule has 0 unspecified atom stereocenters. The Morgan fingerprint density at radius 1 is 1.26 bits per heavy atom. The molecule has 0 radical (unpaired) electrons. The Morgan fingerprint density at radius 2 is 1.95 bits per heavy atom. The molecule has 0 aliphatic heterocycles. The van der Waals surface area contributed by atoms with E-state index in [-0.39, 0.29) is 12.2 Å². The number of rotatable bonds is 4. The maximum absolute atomic E-state index is 9.23. The van der Waals surface area contributed by atoms with Crippen LogP contribution in [0, 0.1) is 5.41 Å². The lowest BCUT2D eigenvalue weighted by molar-refractivity contribution is -0.0949. The van der Waals surface area contributed by atoms with E-state index >= 15 is 0 Å². The Balaban J connectivity index is 2.29. The fraction of sp³-hybridized carbons (Fsp3) is 0.733. The van der Waals surface area contributed by atoms with Gasteiger partial charge in [0.05, 0.1) is 12.3 Å². The highest BCUT2D eigenvalue weighted by molar-refractivity contribution is 5.10. The first-order valence-electron chi connectivity index (χ1n) is 7.08. The molecule has 1 aromatic heterocycles. The van der Waals surface area contributed by atoms with Gasteiger partial charge in [0.25, 0.3) is 0 Å². The second-order valence-corrected chi connectivity index (χ2v) is 6.12. The van der Waals surface area contributed by atoms with E-state index in [9.17, 15) is 5.11 Å². The molecule has 0 bridgehead atoms. The van der Waals surface area contributed by atoms with Crippen LogP contribution >= 0.6 is 0 Å². The normalized spacial score (nSPS) is 21.3. The van der Waals surface area contributed by atoms with Crippen LogP contribution in [0.15, 0.2) is 12.3 Å². The Bertz CT molecular complexity index is 422. The molecule has 1 fully saturated rings. The molecule has 0 saturated heterocycles. The van der Waals surface area contributed by atoms with Crippen molar-refractivity contribution < 1.29 is 9.84 Å². The van der Waals surface area contributed by atoms with Crippen LogP contribution in [0.25, 0.3) is 0 Å². The zero-order chi connectivity index (χ0) is 13.9. The van der Waals surface area contributed by atoms with E-state index in [1.54, 1.807) is 12.3 Å². The molecular weight excluding hydrogens is 240 g/mol. The van der Waals surface area contributed by atoms with Gasteiger partial charge in [-0.2, -0.15) is 0 Å². The first kappa shape index (κ1) is 14.4. The second-order valence-electron chi connectivity index (χ2n) is 6.12. The first-order chi connectivity index (χ1) is 9.01. The lowest BCUT2D eigenvalue weighted by Gasteiger charge is -2.42. The summed E-state index contributed by atoms with van der Waals surface area (Å²) in [6, 6.07) is 1.75. The molecular formula is C15H24N2O2. The summed E-state index contributed by atoms with van der Waals surface area (Å²) in [5, 5.41) is 9.23. The summed E-state index contributed by atoms with van der Waals surface area (Å²) in [7, 11) is 0. The van der Waals surface area contributed by atoms with Gasteiger partial charge in [-0.25, -0.2) is 9.97 Å². The summed E-state index contributed by atoms with van der Waals surface area (Å²) in [5.74, 6) is 0.733. The Labute approximate surface area is 115 Å². The second kappa shape index (κ2) is 5.55. The smallest absolute Gasteiger partial charge is 0.160 e. The molecule has 19 heavy (non-hydrogen) atoms. The maximum Gasteiger partial charge on any atom is 0.160 e. The van der Waals surface area contributed by atoms with E-state index in [1.165, 1.54) is 0 Å². The third kappa shape index (κ3) is 3.12. The SMILES string of the molecule is CCOC1(c2nccc(CO)n2)CCC(C)(C)CC1. The zero-order valence-corrected chi connectivity index (χ0v) is 12.1. The van der Waals surface area contributed by atoms with Crippen molar-refractivity contribution in [2.45, 2.75) is 58.7 Å². The largest absolute Gasteiger partial charge is 0.390 e. The lowest BCUT2D eigenvalue weighted by Crippen LogP contribution is -2.39. The Kier molecular flexibility index (Phi) is 4.21. The van der Waals surface area contributed by atoms with Gasteiger partial charge in [0, 0.05) is 12.8 Å². The van der Waals surface area contributed by atoms with Crippen LogP contribution in [0.5, 0.6) is 0 Å². The van der Waals surface area contributed by atoms with Gasteiger partial charge < -0.3 is 9.84 Å². The fourth-order valence-electron chi connectivity index (χ4n) is 2.74.